The summed E-state index contributed by atoms with van der Waals surface area (Å²) in [6.45, 7) is -0.120. The molecule has 0 saturated carbocycles. The monoisotopic (exact) mass is 356 g/mol. The maximum absolute atomic E-state index is 12.2. The van der Waals surface area contributed by atoms with Crippen LogP contribution in [0.15, 0.2) is 42.5 Å². The molecule has 5 nitrogen and oxygen atoms in total. The molecule has 0 heterocycles. The summed E-state index contributed by atoms with van der Waals surface area (Å²) in [5.41, 5.74) is 0.684. The second-order valence-corrected chi connectivity index (χ2v) is 4.83. The number of benzene rings is 2. The molecule has 0 spiro atoms. The Labute approximate surface area is 141 Å². The average Bonchev–Trinajstić information content (AvgIpc) is 2.59. The Bertz CT molecular complexity index is 726. The van der Waals surface area contributed by atoms with Crippen molar-refractivity contribution in [1.29, 1.82) is 0 Å². The van der Waals surface area contributed by atoms with E-state index in [2.05, 4.69) is 4.74 Å². The third-order valence-electron chi connectivity index (χ3n) is 3.15. The van der Waals surface area contributed by atoms with Gasteiger partial charge in [0.25, 0.3) is 0 Å². The molecule has 0 bridgehead atoms. The highest BCUT2D eigenvalue weighted by Crippen LogP contribution is 2.26. The molecule has 0 aliphatic rings. The van der Waals surface area contributed by atoms with Gasteiger partial charge in [0, 0.05) is 0 Å². The molecular formula is C17H15F3O5. The normalized spacial score (nSPS) is 10.9. The Kier molecular flexibility index (Phi) is 5.74. The Balaban J connectivity index is 2.02. The maximum atomic E-state index is 12.2. The van der Waals surface area contributed by atoms with Gasteiger partial charge in [-0.25, -0.2) is 4.79 Å². The molecular weight excluding hydrogens is 341 g/mol. The predicted octanol–water partition coefficient (Wildman–Crippen LogP) is 3.96. The number of carbonyl (C=O) groups is 1. The minimum absolute atomic E-state index is 0.120. The zero-order valence-corrected chi connectivity index (χ0v) is 13.4. The summed E-state index contributed by atoms with van der Waals surface area (Å²) in [7, 11) is 2.87. The molecule has 0 amide bonds. The molecule has 0 saturated heterocycles. The largest absolute Gasteiger partial charge is 0.573 e. The fourth-order valence-corrected chi connectivity index (χ4v) is 1.99. The third kappa shape index (κ3) is 5.30. The number of methoxy groups -OCH3 is 2. The van der Waals surface area contributed by atoms with Gasteiger partial charge in [-0.05, 0) is 35.9 Å². The summed E-state index contributed by atoms with van der Waals surface area (Å²) in [6.07, 6.45) is -4.75. The standard InChI is InChI=1S/C17H15F3O5/c1-22-13-7-8-15(23-2)14(9-13)16(21)24-10-11-3-5-12(6-4-11)25-17(18,19)20/h3-9H,10H2,1-2H3. The number of alkyl halides is 3. The van der Waals surface area contributed by atoms with Crippen molar-refractivity contribution >= 4 is 5.97 Å². The molecule has 25 heavy (non-hydrogen) atoms. The van der Waals surface area contributed by atoms with E-state index >= 15 is 0 Å². The van der Waals surface area contributed by atoms with Gasteiger partial charge in [-0.2, -0.15) is 0 Å². The Morgan fingerprint density at radius 2 is 1.60 bits per heavy atom. The van der Waals surface area contributed by atoms with Crippen LogP contribution in [0.25, 0.3) is 0 Å². The van der Waals surface area contributed by atoms with Gasteiger partial charge in [-0.15, -0.1) is 13.2 Å². The predicted molar refractivity (Wildman–Crippen MR) is 81.8 cm³/mol. The second kappa shape index (κ2) is 7.78. The van der Waals surface area contributed by atoms with Crippen LogP contribution >= 0.6 is 0 Å². The smallest absolute Gasteiger partial charge is 0.497 e. The van der Waals surface area contributed by atoms with Crippen LogP contribution in [0.4, 0.5) is 13.2 Å². The number of halogens is 3. The fourth-order valence-electron chi connectivity index (χ4n) is 1.99. The van der Waals surface area contributed by atoms with Crippen molar-refractivity contribution in [2.24, 2.45) is 0 Å². The highest BCUT2D eigenvalue weighted by Gasteiger charge is 2.30. The number of esters is 1. The van der Waals surface area contributed by atoms with E-state index in [0.717, 1.165) is 12.1 Å². The highest BCUT2D eigenvalue weighted by atomic mass is 19.4. The van der Waals surface area contributed by atoms with Crippen molar-refractivity contribution in [3.63, 3.8) is 0 Å². The molecule has 0 fully saturated rings. The first-order valence-corrected chi connectivity index (χ1v) is 7.06. The van der Waals surface area contributed by atoms with Crippen LogP contribution in [0.1, 0.15) is 15.9 Å². The van der Waals surface area contributed by atoms with Crippen LogP contribution in [0.2, 0.25) is 0 Å². The first kappa shape index (κ1) is 18.4. The summed E-state index contributed by atoms with van der Waals surface area (Å²) in [4.78, 5) is 12.2. The van der Waals surface area contributed by atoms with Gasteiger partial charge in [0.1, 0.15) is 29.4 Å². The van der Waals surface area contributed by atoms with Crippen molar-refractivity contribution in [3.05, 3.63) is 53.6 Å². The molecule has 0 aliphatic carbocycles. The van der Waals surface area contributed by atoms with Crippen LogP contribution in [0.3, 0.4) is 0 Å². The van der Waals surface area contributed by atoms with E-state index in [1.54, 1.807) is 12.1 Å². The highest BCUT2D eigenvalue weighted by molar-refractivity contribution is 5.93. The van der Waals surface area contributed by atoms with E-state index in [1.807, 2.05) is 0 Å². The lowest BCUT2D eigenvalue weighted by molar-refractivity contribution is -0.274. The van der Waals surface area contributed by atoms with Crippen LogP contribution in [0.5, 0.6) is 17.2 Å². The van der Waals surface area contributed by atoms with Gasteiger partial charge in [0.2, 0.25) is 0 Å². The third-order valence-corrected chi connectivity index (χ3v) is 3.15. The van der Waals surface area contributed by atoms with Crippen molar-refractivity contribution in [2.75, 3.05) is 14.2 Å². The lowest BCUT2D eigenvalue weighted by atomic mass is 10.2. The molecule has 134 valence electrons. The Morgan fingerprint density at radius 3 is 2.16 bits per heavy atom. The van der Waals surface area contributed by atoms with Crippen LogP contribution in [-0.2, 0) is 11.3 Å². The fraction of sp³-hybridized carbons (Fsp3) is 0.235. The van der Waals surface area contributed by atoms with E-state index in [0.29, 0.717) is 17.1 Å². The summed E-state index contributed by atoms with van der Waals surface area (Å²) in [6, 6.07) is 9.70. The number of hydrogen-bond acceptors (Lipinski definition) is 5. The lowest BCUT2D eigenvalue weighted by Gasteiger charge is -2.11. The van der Waals surface area contributed by atoms with Crippen molar-refractivity contribution in [3.8, 4) is 17.2 Å². The minimum Gasteiger partial charge on any atom is -0.497 e. The quantitative estimate of drug-likeness (QED) is 0.734. The summed E-state index contributed by atoms with van der Waals surface area (Å²) in [5, 5.41) is 0. The van der Waals surface area contributed by atoms with Crippen LogP contribution < -0.4 is 14.2 Å². The number of rotatable bonds is 6. The summed E-state index contributed by atoms with van der Waals surface area (Å²) < 4.78 is 55.4. The van der Waals surface area contributed by atoms with Gasteiger partial charge < -0.3 is 18.9 Å². The van der Waals surface area contributed by atoms with E-state index in [-0.39, 0.29) is 17.9 Å². The van der Waals surface area contributed by atoms with Gasteiger partial charge in [0.15, 0.2) is 0 Å². The number of ether oxygens (including phenoxy) is 4. The average molecular weight is 356 g/mol. The van der Waals surface area contributed by atoms with E-state index in [4.69, 9.17) is 14.2 Å². The molecule has 2 aromatic rings. The maximum Gasteiger partial charge on any atom is 0.573 e. The molecule has 0 unspecified atom stereocenters. The first-order valence-electron chi connectivity index (χ1n) is 7.06. The van der Waals surface area contributed by atoms with Gasteiger partial charge in [-0.3, -0.25) is 0 Å². The number of hydrogen-bond donors (Lipinski definition) is 0. The molecule has 0 radical (unpaired) electrons. The topological polar surface area (TPSA) is 54.0 Å². The Hall–Kier alpha value is -2.90. The first-order chi connectivity index (χ1) is 11.8. The second-order valence-electron chi connectivity index (χ2n) is 4.83. The van der Waals surface area contributed by atoms with Gasteiger partial charge in [-0.1, -0.05) is 12.1 Å². The van der Waals surface area contributed by atoms with Crippen molar-refractivity contribution < 1.29 is 36.9 Å². The van der Waals surface area contributed by atoms with Crippen LogP contribution in [0, 0.1) is 0 Å². The van der Waals surface area contributed by atoms with Crippen LogP contribution in [-0.4, -0.2) is 26.6 Å². The number of carbonyl (C=O) groups excluding carboxylic acids is 1. The Morgan fingerprint density at radius 1 is 0.960 bits per heavy atom. The zero-order valence-electron chi connectivity index (χ0n) is 13.4. The molecule has 2 rings (SSSR count). The van der Waals surface area contributed by atoms with Crippen molar-refractivity contribution in [2.45, 2.75) is 13.0 Å². The summed E-state index contributed by atoms with van der Waals surface area (Å²) in [5.74, 6) is -0.218. The molecule has 0 atom stereocenters. The van der Waals surface area contributed by atoms with Gasteiger partial charge in [0.05, 0.1) is 14.2 Å². The molecule has 0 N–H and O–H groups in total. The molecule has 0 aliphatic heterocycles. The molecule has 2 aromatic carbocycles. The van der Waals surface area contributed by atoms with E-state index in [9.17, 15) is 18.0 Å². The SMILES string of the molecule is COc1ccc(OC)c(C(=O)OCc2ccc(OC(F)(F)F)cc2)c1. The summed E-state index contributed by atoms with van der Waals surface area (Å²) >= 11 is 0. The van der Waals surface area contributed by atoms with E-state index < -0.39 is 12.3 Å². The van der Waals surface area contributed by atoms with E-state index in [1.165, 1.54) is 32.4 Å². The van der Waals surface area contributed by atoms with Crippen molar-refractivity contribution in [1.82, 2.24) is 0 Å². The molecule has 8 heteroatoms. The zero-order chi connectivity index (χ0) is 18.4. The van der Waals surface area contributed by atoms with Gasteiger partial charge >= 0.3 is 12.3 Å². The molecule has 0 aromatic heterocycles. The lowest BCUT2D eigenvalue weighted by Crippen LogP contribution is -2.17. The minimum atomic E-state index is -4.75.